The highest BCUT2D eigenvalue weighted by atomic mass is 35.5. The van der Waals surface area contributed by atoms with Crippen molar-refractivity contribution >= 4 is 11.6 Å². The van der Waals surface area contributed by atoms with E-state index in [1.54, 1.807) is 12.4 Å². The Hall–Kier alpha value is -1.35. The fraction of sp³-hybridized carbons (Fsp3) is 0.333. The number of rotatable bonds is 3. The van der Waals surface area contributed by atoms with Gasteiger partial charge in [-0.25, -0.2) is 0 Å². The molecule has 0 bridgehead atoms. The van der Waals surface area contributed by atoms with E-state index in [0.717, 1.165) is 17.0 Å². The molecule has 0 radical (unpaired) electrons. The fourth-order valence-electron chi connectivity index (χ4n) is 1.64. The molecule has 2 aromatic rings. The smallest absolute Gasteiger partial charge is 0.0927 e. The average molecular weight is 236 g/mol. The first-order chi connectivity index (χ1) is 7.72. The van der Waals surface area contributed by atoms with Crippen molar-refractivity contribution in [3.05, 3.63) is 36.3 Å². The van der Waals surface area contributed by atoms with E-state index in [1.165, 1.54) is 0 Å². The Morgan fingerprint density at radius 3 is 2.50 bits per heavy atom. The third kappa shape index (κ3) is 2.09. The van der Waals surface area contributed by atoms with Crippen molar-refractivity contribution in [1.29, 1.82) is 0 Å². The molecule has 0 spiro atoms. The Bertz CT molecular complexity index is 462. The molecule has 0 aliphatic rings. The molecule has 16 heavy (non-hydrogen) atoms. The minimum Gasteiger partial charge on any atom is -0.265 e. The van der Waals surface area contributed by atoms with Gasteiger partial charge < -0.3 is 0 Å². The maximum atomic E-state index is 5.90. The number of hydrogen-bond donors (Lipinski definition) is 0. The number of nitrogens with zero attached hydrogens (tertiary/aromatic N) is 3. The van der Waals surface area contributed by atoms with Crippen LogP contribution in [0, 0.1) is 0 Å². The van der Waals surface area contributed by atoms with Gasteiger partial charge in [-0.15, -0.1) is 11.6 Å². The van der Waals surface area contributed by atoms with E-state index in [4.69, 9.17) is 11.6 Å². The van der Waals surface area contributed by atoms with Crippen LogP contribution < -0.4 is 0 Å². The summed E-state index contributed by atoms with van der Waals surface area (Å²) in [6, 6.07) is 6.25. The van der Waals surface area contributed by atoms with Gasteiger partial charge in [-0.3, -0.25) is 9.67 Å². The Balaban J connectivity index is 2.44. The summed E-state index contributed by atoms with van der Waals surface area (Å²) in [6.07, 6.45) is 3.54. The lowest BCUT2D eigenvalue weighted by atomic mass is 10.2. The number of hydrogen-bond acceptors (Lipinski definition) is 2. The molecular formula is C12H14ClN3. The van der Waals surface area contributed by atoms with Crippen LogP contribution in [0.2, 0.25) is 0 Å². The Morgan fingerprint density at radius 1 is 1.31 bits per heavy atom. The molecule has 0 unspecified atom stereocenters. The summed E-state index contributed by atoms with van der Waals surface area (Å²) in [7, 11) is 0. The second-order valence-electron chi connectivity index (χ2n) is 3.93. The Kier molecular flexibility index (Phi) is 3.25. The minimum absolute atomic E-state index is 0.323. The first-order valence-corrected chi connectivity index (χ1v) is 5.80. The van der Waals surface area contributed by atoms with Crippen LogP contribution in [0.25, 0.3) is 11.3 Å². The standard InChI is InChI=1S/C12H14ClN3/c1-9(2)16-11(8-13)7-12(15-16)10-3-5-14-6-4-10/h3-7,9H,8H2,1-2H3. The predicted molar refractivity (Wildman–Crippen MR) is 65.4 cm³/mol. The van der Waals surface area contributed by atoms with Gasteiger partial charge in [-0.1, -0.05) is 0 Å². The maximum absolute atomic E-state index is 5.90. The van der Waals surface area contributed by atoms with E-state index in [2.05, 4.69) is 23.9 Å². The number of alkyl halides is 1. The molecule has 2 rings (SSSR count). The molecule has 2 heterocycles. The quantitative estimate of drug-likeness (QED) is 0.765. The number of halogens is 1. The highest BCUT2D eigenvalue weighted by Gasteiger charge is 2.10. The van der Waals surface area contributed by atoms with E-state index in [-0.39, 0.29) is 0 Å². The molecule has 0 saturated heterocycles. The van der Waals surface area contributed by atoms with Crippen LogP contribution in [0.1, 0.15) is 25.6 Å². The summed E-state index contributed by atoms with van der Waals surface area (Å²) in [5.41, 5.74) is 3.07. The minimum atomic E-state index is 0.323. The molecule has 2 aromatic heterocycles. The first kappa shape index (κ1) is 11.1. The molecule has 0 aliphatic heterocycles. The van der Waals surface area contributed by atoms with Crippen molar-refractivity contribution in [2.24, 2.45) is 0 Å². The summed E-state index contributed by atoms with van der Waals surface area (Å²) in [6.45, 7) is 4.19. The zero-order valence-corrected chi connectivity index (χ0v) is 10.1. The van der Waals surface area contributed by atoms with Crippen molar-refractivity contribution in [2.75, 3.05) is 0 Å². The topological polar surface area (TPSA) is 30.7 Å². The molecule has 3 nitrogen and oxygen atoms in total. The molecule has 0 aromatic carbocycles. The third-order valence-corrected chi connectivity index (χ3v) is 2.69. The third-order valence-electron chi connectivity index (χ3n) is 2.42. The van der Waals surface area contributed by atoms with Gasteiger partial charge in [-0.05, 0) is 32.0 Å². The van der Waals surface area contributed by atoms with Crippen molar-refractivity contribution in [3.8, 4) is 11.3 Å². The van der Waals surface area contributed by atoms with Gasteiger partial charge in [0.05, 0.1) is 17.3 Å². The fourth-order valence-corrected chi connectivity index (χ4v) is 1.84. The largest absolute Gasteiger partial charge is 0.265 e. The first-order valence-electron chi connectivity index (χ1n) is 5.27. The SMILES string of the molecule is CC(C)n1nc(-c2ccncc2)cc1CCl. The Morgan fingerprint density at radius 2 is 2.00 bits per heavy atom. The monoisotopic (exact) mass is 235 g/mol. The normalized spacial score (nSPS) is 11.0. The molecule has 0 saturated carbocycles. The van der Waals surface area contributed by atoms with Gasteiger partial charge in [0, 0.05) is 24.0 Å². The van der Waals surface area contributed by atoms with Gasteiger partial charge >= 0.3 is 0 Å². The maximum Gasteiger partial charge on any atom is 0.0927 e. The van der Waals surface area contributed by atoms with Gasteiger partial charge in [0.2, 0.25) is 0 Å². The van der Waals surface area contributed by atoms with Crippen molar-refractivity contribution in [2.45, 2.75) is 25.8 Å². The van der Waals surface area contributed by atoms with E-state index >= 15 is 0 Å². The summed E-state index contributed by atoms with van der Waals surface area (Å²) >= 11 is 5.90. The molecule has 0 N–H and O–H groups in total. The second kappa shape index (κ2) is 4.66. The number of aromatic nitrogens is 3. The summed E-state index contributed by atoms with van der Waals surface area (Å²) in [5.74, 6) is 0.482. The summed E-state index contributed by atoms with van der Waals surface area (Å²) in [4.78, 5) is 3.99. The highest BCUT2D eigenvalue weighted by molar-refractivity contribution is 6.16. The molecule has 4 heteroatoms. The Labute approximate surface area is 100 Å². The molecular weight excluding hydrogens is 222 g/mol. The van der Waals surface area contributed by atoms with Crippen LogP contribution >= 0.6 is 11.6 Å². The van der Waals surface area contributed by atoms with E-state index in [0.29, 0.717) is 11.9 Å². The van der Waals surface area contributed by atoms with Crippen LogP contribution in [0.15, 0.2) is 30.6 Å². The van der Waals surface area contributed by atoms with Crippen molar-refractivity contribution in [1.82, 2.24) is 14.8 Å². The molecule has 0 atom stereocenters. The van der Waals surface area contributed by atoms with Gasteiger partial charge in [0.15, 0.2) is 0 Å². The second-order valence-corrected chi connectivity index (χ2v) is 4.20. The van der Waals surface area contributed by atoms with Crippen LogP contribution in [-0.4, -0.2) is 14.8 Å². The van der Waals surface area contributed by atoms with E-state index in [1.807, 2.05) is 22.9 Å². The van der Waals surface area contributed by atoms with Crippen LogP contribution in [0.4, 0.5) is 0 Å². The van der Waals surface area contributed by atoms with Crippen LogP contribution in [-0.2, 0) is 5.88 Å². The summed E-state index contributed by atoms with van der Waals surface area (Å²) < 4.78 is 1.96. The zero-order valence-electron chi connectivity index (χ0n) is 9.39. The van der Waals surface area contributed by atoms with Crippen LogP contribution in [0.3, 0.4) is 0 Å². The highest BCUT2D eigenvalue weighted by Crippen LogP contribution is 2.21. The lowest BCUT2D eigenvalue weighted by molar-refractivity contribution is 0.518. The summed E-state index contributed by atoms with van der Waals surface area (Å²) in [5, 5.41) is 4.56. The average Bonchev–Trinajstić information content (AvgIpc) is 2.74. The molecule has 0 fully saturated rings. The molecule has 0 aliphatic carbocycles. The van der Waals surface area contributed by atoms with Gasteiger partial charge in [0.1, 0.15) is 0 Å². The zero-order chi connectivity index (χ0) is 11.5. The van der Waals surface area contributed by atoms with Crippen molar-refractivity contribution < 1.29 is 0 Å². The molecule has 84 valence electrons. The predicted octanol–water partition coefficient (Wildman–Crippen LogP) is 3.26. The van der Waals surface area contributed by atoms with Gasteiger partial charge in [0.25, 0.3) is 0 Å². The van der Waals surface area contributed by atoms with Crippen molar-refractivity contribution in [3.63, 3.8) is 0 Å². The van der Waals surface area contributed by atoms with Gasteiger partial charge in [-0.2, -0.15) is 5.10 Å². The van der Waals surface area contributed by atoms with E-state index < -0.39 is 0 Å². The number of pyridine rings is 1. The lowest BCUT2D eigenvalue weighted by Gasteiger charge is -2.08. The van der Waals surface area contributed by atoms with Crippen LogP contribution in [0.5, 0.6) is 0 Å². The lowest BCUT2D eigenvalue weighted by Crippen LogP contribution is -2.06. The van der Waals surface area contributed by atoms with E-state index in [9.17, 15) is 0 Å². The molecule has 0 amide bonds.